The van der Waals surface area contributed by atoms with Gasteiger partial charge in [-0.3, -0.25) is 4.90 Å². The van der Waals surface area contributed by atoms with E-state index < -0.39 is 0 Å². The van der Waals surface area contributed by atoms with E-state index in [1.807, 2.05) is 6.92 Å². The number of hydrogen-bond acceptors (Lipinski definition) is 2. The molecule has 12 heavy (non-hydrogen) atoms. The van der Waals surface area contributed by atoms with Gasteiger partial charge in [0.25, 0.3) is 0 Å². The van der Waals surface area contributed by atoms with Gasteiger partial charge < -0.3 is 5.11 Å². The third-order valence-electron chi connectivity index (χ3n) is 2.46. The summed E-state index contributed by atoms with van der Waals surface area (Å²) in [5, 5.41) is 9.56. The molecule has 0 aromatic rings. The Bertz CT molecular complexity index is 113. The highest BCUT2D eigenvalue weighted by Gasteiger charge is 2.24. The van der Waals surface area contributed by atoms with Crippen molar-refractivity contribution >= 4 is 0 Å². The van der Waals surface area contributed by atoms with Crippen molar-refractivity contribution in [1.82, 2.24) is 4.90 Å². The van der Waals surface area contributed by atoms with Gasteiger partial charge in [0, 0.05) is 12.1 Å². The fourth-order valence-electron chi connectivity index (χ4n) is 1.71. The molecule has 2 nitrogen and oxygen atoms in total. The highest BCUT2D eigenvalue weighted by molar-refractivity contribution is 4.78. The van der Waals surface area contributed by atoms with Gasteiger partial charge in [0.2, 0.25) is 0 Å². The van der Waals surface area contributed by atoms with Gasteiger partial charge in [-0.15, -0.1) is 0 Å². The summed E-state index contributed by atoms with van der Waals surface area (Å²) in [4.78, 5) is 2.23. The summed E-state index contributed by atoms with van der Waals surface area (Å²) in [5.41, 5.74) is 0. The van der Waals surface area contributed by atoms with Crippen LogP contribution in [0.5, 0.6) is 0 Å². The van der Waals surface area contributed by atoms with E-state index in [0.29, 0.717) is 12.0 Å². The van der Waals surface area contributed by atoms with Gasteiger partial charge in [-0.25, -0.2) is 0 Å². The summed E-state index contributed by atoms with van der Waals surface area (Å²) in [6.07, 6.45) is -0.252. The molecule has 0 rings (SSSR count). The highest BCUT2D eigenvalue weighted by atomic mass is 16.3. The van der Waals surface area contributed by atoms with Crippen molar-refractivity contribution in [3.63, 3.8) is 0 Å². The first kappa shape index (κ1) is 11.9. The van der Waals surface area contributed by atoms with Gasteiger partial charge in [-0.1, -0.05) is 13.8 Å². The second kappa shape index (κ2) is 4.83. The van der Waals surface area contributed by atoms with Gasteiger partial charge in [-0.05, 0) is 33.7 Å². The van der Waals surface area contributed by atoms with Crippen LogP contribution in [0, 0.1) is 5.92 Å². The van der Waals surface area contributed by atoms with Crippen molar-refractivity contribution < 1.29 is 5.11 Å². The number of nitrogens with zero attached hydrogens (tertiary/aromatic N) is 1. The van der Waals surface area contributed by atoms with E-state index in [9.17, 15) is 5.11 Å². The van der Waals surface area contributed by atoms with Crippen LogP contribution in [0.4, 0.5) is 0 Å². The molecule has 0 aliphatic heterocycles. The average Bonchev–Trinajstić information content (AvgIpc) is 1.85. The maximum absolute atomic E-state index is 9.56. The third-order valence-corrected chi connectivity index (χ3v) is 2.46. The third kappa shape index (κ3) is 3.11. The zero-order valence-corrected chi connectivity index (χ0v) is 9.20. The lowest BCUT2D eigenvalue weighted by molar-refractivity contribution is 0.0336. The van der Waals surface area contributed by atoms with Crippen LogP contribution in [0.2, 0.25) is 0 Å². The normalized spacial score (nSPS) is 17.5. The van der Waals surface area contributed by atoms with E-state index in [4.69, 9.17) is 0 Å². The van der Waals surface area contributed by atoms with E-state index >= 15 is 0 Å². The Morgan fingerprint density at radius 3 is 1.50 bits per heavy atom. The number of hydrogen-bond donors (Lipinski definition) is 1. The molecular weight excluding hydrogens is 150 g/mol. The van der Waals surface area contributed by atoms with Crippen molar-refractivity contribution in [2.75, 3.05) is 7.05 Å². The molecule has 0 aromatic heterocycles. The minimum absolute atomic E-state index is 0.252. The van der Waals surface area contributed by atoms with E-state index in [1.165, 1.54) is 0 Å². The van der Waals surface area contributed by atoms with Crippen LogP contribution < -0.4 is 0 Å². The minimum atomic E-state index is -0.252. The quantitative estimate of drug-likeness (QED) is 0.700. The second-order valence-electron chi connectivity index (χ2n) is 4.23. The Labute approximate surface area is 76.6 Å². The number of rotatable bonds is 4. The van der Waals surface area contributed by atoms with Gasteiger partial charge >= 0.3 is 0 Å². The molecule has 0 amide bonds. The lowest BCUT2D eigenvalue weighted by Gasteiger charge is -2.36. The predicted molar refractivity (Wildman–Crippen MR) is 53.2 cm³/mol. The molecule has 0 aliphatic carbocycles. The van der Waals surface area contributed by atoms with Crippen molar-refractivity contribution in [2.45, 2.75) is 52.8 Å². The lowest BCUT2D eigenvalue weighted by atomic mass is 9.97. The van der Waals surface area contributed by atoms with Crippen LogP contribution in [0.3, 0.4) is 0 Å². The zero-order valence-electron chi connectivity index (χ0n) is 9.20. The van der Waals surface area contributed by atoms with Crippen LogP contribution in [0.1, 0.15) is 34.6 Å². The van der Waals surface area contributed by atoms with E-state index in [1.54, 1.807) is 0 Å². The molecule has 1 N–H and O–H groups in total. The largest absolute Gasteiger partial charge is 0.392 e. The molecule has 0 saturated heterocycles. The maximum atomic E-state index is 9.56. The van der Waals surface area contributed by atoms with Crippen LogP contribution in [-0.4, -0.2) is 35.2 Å². The van der Waals surface area contributed by atoms with Crippen LogP contribution in [0.15, 0.2) is 0 Å². The Balaban J connectivity index is 4.30. The molecule has 0 bridgehead atoms. The molecule has 0 aliphatic rings. The predicted octanol–water partition coefficient (Wildman–Crippen LogP) is 1.73. The maximum Gasteiger partial charge on any atom is 0.0669 e. The van der Waals surface area contributed by atoms with Crippen LogP contribution in [-0.2, 0) is 0 Å². The molecule has 0 fully saturated rings. The summed E-state index contributed by atoms with van der Waals surface area (Å²) in [6, 6.07) is 0.761. The standard InChI is InChI=1S/C10H23NO/c1-7(2)10(9(5)12)11(6)8(3)4/h7-10,12H,1-6H3. The van der Waals surface area contributed by atoms with Crippen molar-refractivity contribution in [3.8, 4) is 0 Å². The van der Waals surface area contributed by atoms with E-state index in [2.05, 4.69) is 39.6 Å². The summed E-state index contributed by atoms with van der Waals surface area (Å²) in [5.74, 6) is 0.498. The Morgan fingerprint density at radius 2 is 1.42 bits per heavy atom. The van der Waals surface area contributed by atoms with Crippen molar-refractivity contribution in [1.29, 1.82) is 0 Å². The molecule has 74 valence electrons. The molecule has 0 saturated carbocycles. The Hall–Kier alpha value is -0.0800. The second-order valence-corrected chi connectivity index (χ2v) is 4.23. The SMILES string of the molecule is CC(C)C(C(C)O)N(C)C(C)C. The highest BCUT2D eigenvalue weighted by Crippen LogP contribution is 2.15. The molecular formula is C10H23NO. The molecule has 2 atom stereocenters. The summed E-state index contributed by atoms with van der Waals surface area (Å²) >= 11 is 0. The zero-order chi connectivity index (χ0) is 9.89. The molecule has 2 heteroatoms. The Morgan fingerprint density at radius 1 is 1.00 bits per heavy atom. The smallest absolute Gasteiger partial charge is 0.0669 e. The average molecular weight is 173 g/mol. The number of aliphatic hydroxyl groups is 1. The summed E-state index contributed by atoms with van der Waals surface area (Å²) in [6.45, 7) is 10.5. The first-order chi connectivity index (χ1) is 5.37. The van der Waals surface area contributed by atoms with Crippen molar-refractivity contribution in [3.05, 3.63) is 0 Å². The molecule has 0 aromatic carbocycles. The summed E-state index contributed by atoms with van der Waals surface area (Å²) in [7, 11) is 2.07. The van der Waals surface area contributed by atoms with Crippen LogP contribution in [0.25, 0.3) is 0 Å². The number of aliphatic hydroxyl groups excluding tert-OH is 1. The van der Waals surface area contributed by atoms with Gasteiger partial charge in [0.15, 0.2) is 0 Å². The van der Waals surface area contributed by atoms with Crippen LogP contribution >= 0.6 is 0 Å². The topological polar surface area (TPSA) is 23.5 Å². The lowest BCUT2D eigenvalue weighted by Crippen LogP contribution is -2.46. The number of likely N-dealkylation sites (N-methyl/N-ethyl adjacent to an activating group) is 1. The fraction of sp³-hybridized carbons (Fsp3) is 1.00. The first-order valence-electron chi connectivity index (χ1n) is 4.78. The fourth-order valence-corrected chi connectivity index (χ4v) is 1.71. The van der Waals surface area contributed by atoms with E-state index in [0.717, 1.165) is 0 Å². The molecule has 0 heterocycles. The van der Waals surface area contributed by atoms with Gasteiger partial charge in [0.1, 0.15) is 0 Å². The van der Waals surface area contributed by atoms with E-state index in [-0.39, 0.29) is 12.1 Å². The molecule has 2 unspecified atom stereocenters. The van der Waals surface area contributed by atoms with Gasteiger partial charge in [-0.2, -0.15) is 0 Å². The van der Waals surface area contributed by atoms with Gasteiger partial charge in [0.05, 0.1) is 6.10 Å². The monoisotopic (exact) mass is 173 g/mol. The molecule has 0 radical (unpaired) electrons. The van der Waals surface area contributed by atoms with Crippen molar-refractivity contribution in [2.24, 2.45) is 5.92 Å². The minimum Gasteiger partial charge on any atom is -0.392 e. The first-order valence-corrected chi connectivity index (χ1v) is 4.78. The Kier molecular flexibility index (Phi) is 4.80. The summed E-state index contributed by atoms with van der Waals surface area (Å²) < 4.78 is 0. The molecule has 0 spiro atoms.